The number of phenolic OH excluding ortho intramolecular Hbond substituents is 2. The molecule has 2 aromatic rings. The van der Waals surface area contributed by atoms with Crippen molar-refractivity contribution in [1.82, 2.24) is 9.88 Å². The number of aliphatic hydroxyl groups is 2. The molecule has 5 N–H and O–H groups in total. The van der Waals surface area contributed by atoms with Crippen LogP contribution in [0.1, 0.15) is 78.2 Å². The number of carbonyl (C=O) groups is 2. The van der Waals surface area contributed by atoms with Crippen LogP contribution in [0.4, 0.5) is 11.4 Å². The number of aromatic nitrogens is 1. The number of benzene rings is 3. The van der Waals surface area contributed by atoms with Crippen LogP contribution in [0, 0.1) is 36.5 Å². The van der Waals surface area contributed by atoms with Gasteiger partial charge in [-0.25, -0.2) is 4.98 Å². The van der Waals surface area contributed by atoms with Gasteiger partial charge in [0.2, 0.25) is 5.43 Å². The van der Waals surface area contributed by atoms with E-state index < -0.39 is 64.4 Å². The highest BCUT2D eigenvalue weighted by Gasteiger charge is 2.53. The maximum atomic E-state index is 14.9. The number of fused-ring (bicyclic) bond motifs is 1. The van der Waals surface area contributed by atoms with E-state index in [0.717, 1.165) is 19.6 Å². The molecule has 11 rings (SSSR count). The van der Waals surface area contributed by atoms with Crippen molar-refractivity contribution in [3.05, 3.63) is 69.6 Å². The zero-order chi connectivity index (χ0) is 48.6. The van der Waals surface area contributed by atoms with E-state index in [1.807, 2.05) is 26.8 Å². The van der Waals surface area contributed by atoms with Crippen molar-refractivity contribution in [2.45, 2.75) is 105 Å². The van der Waals surface area contributed by atoms with Crippen LogP contribution in [-0.4, -0.2) is 118 Å². The molecule has 1 amide bonds. The lowest BCUT2D eigenvalue weighted by Gasteiger charge is -2.54. The second-order valence-corrected chi connectivity index (χ2v) is 19.8. The second-order valence-electron chi connectivity index (χ2n) is 19.8. The number of ketones is 1. The molecule has 16 nitrogen and oxygen atoms in total. The lowest BCUT2D eigenvalue weighted by molar-refractivity contribution is -0.251. The van der Waals surface area contributed by atoms with Crippen molar-refractivity contribution in [2.24, 2.45) is 29.6 Å². The van der Waals surface area contributed by atoms with Gasteiger partial charge in [0, 0.05) is 105 Å². The van der Waals surface area contributed by atoms with Crippen LogP contribution in [0.5, 0.6) is 17.2 Å². The Kier molecular flexibility index (Phi) is 12.8. The SMILES string of the molecule is CO[C@H]1/C=C/O[C@@]2(C)Oc3c(C)c(O)c4c(=O)c(c5oc6cc(N7CCN(CC(C)C)CC7)cc(O)c6nc-5c4c3C2=O)NC(=O)/C(C)=C\C=C\[C@]2(C)O[C@H]([C@@H](C)[C@@H](O)[C@@H](C)[C@H](O)[C@@H]1C)[C@H]2C. The molecule has 0 unspecified atom stereocenters. The molecule has 67 heavy (non-hydrogen) atoms. The molecule has 8 heterocycles. The van der Waals surface area contributed by atoms with Crippen molar-refractivity contribution in [2.75, 3.05) is 50.1 Å². The van der Waals surface area contributed by atoms with Crippen molar-refractivity contribution in [3.63, 3.8) is 0 Å². The number of allylic oxidation sites excluding steroid dienone is 2. The number of carbonyl (C=O) groups excluding carboxylic acids is 2. The Labute approximate surface area is 390 Å². The van der Waals surface area contributed by atoms with Gasteiger partial charge in [-0.2, -0.15) is 0 Å². The third-order valence-corrected chi connectivity index (χ3v) is 14.7. The smallest absolute Gasteiger partial charge is 0.312 e. The summed E-state index contributed by atoms with van der Waals surface area (Å²) < 4.78 is 31.0. The number of hydrogen-bond acceptors (Lipinski definition) is 15. The zero-order valence-corrected chi connectivity index (χ0v) is 40.2. The summed E-state index contributed by atoms with van der Waals surface area (Å²) in [6.07, 6.45) is 4.84. The summed E-state index contributed by atoms with van der Waals surface area (Å²) in [5, 5.41) is 48.9. The number of nitrogens with zero attached hydrogens (tertiary/aromatic N) is 3. The normalized spacial score (nSPS) is 32.7. The average molecular weight is 925 g/mol. The van der Waals surface area contributed by atoms with Crippen LogP contribution in [0.15, 0.2) is 57.5 Å². The zero-order valence-electron chi connectivity index (χ0n) is 40.2. The fourth-order valence-electron chi connectivity index (χ4n) is 10.3. The van der Waals surface area contributed by atoms with E-state index in [9.17, 15) is 34.8 Å². The van der Waals surface area contributed by atoms with Gasteiger partial charge in [-0.1, -0.05) is 59.8 Å². The lowest BCUT2D eigenvalue weighted by atomic mass is 9.70. The molecule has 0 saturated carbocycles. The number of hydrogen-bond donors (Lipinski definition) is 5. The van der Waals surface area contributed by atoms with E-state index in [1.54, 1.807) is 45.1 Å². The van der Waals surface area contributed by atoms with Crippen molar-refractivity contribution >= 4 is 44.9 Å². The Morgan fingerprint density at radius 3 is 2.30 bits per heavy atom. The quantitative estimate of drug-likeness (QED) is 0.107. The molecule has 0 spiro atoms. The largest absolute Gasteiger partial charge is 0.507 e. The summed E-state index contributed by atoms with van der Waals surface area (Å²) in [6.45, 7) is 22.2. The number of piperazine rings is 1. The minimum Gasteiger partial charge on any atom is -0.507 e. The summed E-state index contributed by atoms with van der Waals surface area (Å²) >= 11 is 0. The van der Waals surface area contributed by atoms with Gasteiger partial charge in [-0.15, -0.1) is 0 Å². The summed E-state index contributed by atoms with van der Waals surface area (Å²) in [4.78, 5) is 53.2. The van der Waals surface area contributed by atoms with Gasteiger partial charge in [0.15, 0.2) is 11.3 Å². The number of nitrogens with one attached hydrogen (secondary N) is 1. The fourth-order valence-corrected chi connectivity index (χ4v) is 10.3. The van der Waals surface area contributed by atoms with E-state index in [1.165, 1.54) is 33.3 Å². The van der Waals surface area contributed by atoms with Crippen LogP contribution >= 0.6 is 0 Å². The van der Waals surface area contributed by atoms with E-state index >= 15 is 0 Å². The van der Waals surface area contributed by atoms with E-state index in [2.05, 4.69) is 29.0 Å². The maximum Gasteiger partial charge on any atom is 0.312 e. The van der Waals surface area contributed by atoms with E-state index in [0.29, 0.717) is 24.7 Å². The predicted molar refractivity (Wildman–Crippen MR) is 254 cm³/mol. The number of anilines is 2. The third kappa shape index (κ3) is 8.24. The molecule has 1 aliphatic carbocycles. The molecule has 2 aromatic carbocycles. The van der Waals surface area contributed by atoms with Gasteiger partial charge in [0.25, 0.3) is 11.7 Å². The van der Waals surface area contributed by atoms with Crippen LogP contribution in [0.3, 0.4) is 0 Å². The van der Waals surface area contributed by atoms with Gasteiger partial charge >= 0.3 is 5.79 Å². The van der Waals surface area contributed by atoms with Crippen molar-refractivity contribution < 1.29 is 53.4 Å². The minimum atomic E-state index is -2.04. The molecule has 7 bridgehead atoms. The van der Waals surface area contributed by atoms with E-state index in [4.69, 9.17) is 28.3 Å². The standard InChI is InChI=1S/C51H64N4O12/c1-24(2)23-54-16-18-55(19-17-54)31-21-32(56)38-34(22-31)65-47-39(52-38)35-36-43(59)29(7)46-37(35)48(61)51(10,67-46)64-20-14-33(63-11)26(4)41(57)27(5)42(58)28(6)45-30(8)50(9,66-45)15-12-13-25(3)49(62)53-40(47)44(36)60/h12-15,20-22,24,26-28,30,33,41-42,45,56-59H,16-19,23H2,1-11H3,(H,53,62)/b15-12+,20-14+,25-13-/t26-,27+,28+,30-,33+,41-,42+,45-,50+,51+/m1/s1. The van der Waals surface area contributed by atoms with Gasteiger partial charge < -0.3 is 54.0 Å². The molecular weight excluding hydrogens is 861 g/mol. The fraction of sp³-hybridized carbons (Fsp3) is 0.529. The molecule has 0 radical (unpaired) electrons. The predicted octanol–water partition coefficient (Wildman–Crippen LogP) is 6.66. The number of phenols is 2. The number of methoxy groups -OCH3 is 1. The van der Waals surface area contributed by atoms with Gasteiger partial charge in [-0.05, 0) is 32.8 Å². The molecule has 16 heteroatoms. The van der Waals surface area contributed by atoms with Gasteiger partial charge in [-0.3, -0.25) is 19.3 Å². The monoisotopic (exact) mass is 924 g/mol. The highest BCUT2D eigenvalue weighted by atomic mass is 16.7. The first-order valence-corrected chi connectivity index (χ1v) is 23.2. The Balaban J connectivity index is 1.30. The highest BCUT2D eigenvalue weighted by Crippen LogP contribution is 2.51. The number of amides is 1. The molecule has 2 saturated heterocycles. The maximum absolute atomic E-state index is 14.9. The Hall–Kier alpha value is -5.52. The number of aromatic hydroxyl groups is 2. The summed E-state index contributed by atoms with van der Waals surface area (Å²) in [7, 11) is 1.47. The first-order chi connectivity index (χ1) is 31.6. The minimum absolute atomic E-state index is 0.0144. The highest BCUT2D eigenvalue weighted by molar-refractivity contribution is 6.22. The van der Waals surface area contributed by atoms with Crippen LogP contribution in [-0.2, 0) is 19.0 Å². The lowest BCUT2D eigenvalue weighted by Crippen LogP contribution is -2.60. The Bertz CT molecular complexity index is 2740. The molecular formula is C51H64N4O12. The van der Waals surface area contributed by atoms with Crippen molar-refractivity contribution in [3.8, 4) is 28.7 Å². The molecule has 8 aliphatic heterocycles. The summed E-state index contributed by atoms with van der Waals surface area (Å²) in [5.41, 5.74) is -1.10. The summed E-state index contributed by atoms with van der Waals surface area (Å²) in [6, 6.07) is 3.32. The van der Waals surface area contributed by atoms with Gasteiger partial charge in [0.05, 0.1) is 47.2 Å². The van der Waals surface area contributed by atoms with Crippen LogP contribution in [0.25, 0.3) is 33.3 Å². The topological polar surface area (TPSA) is 214 Å². The third-order valence-electron chi connectivity index (χ3n) is 14.7. The second kappa shape index (κ2) is 17.9. The number of aliphatic hydroxyl groups excluding tert-OH is 2. The number of rotatable bonds is 4. The Morgan fingerprint density at radius 2 is 1.64 bits per heavy atom. The van der Waals surface area contributed by atoms with E-state index in [-0.39, 0.29) is 85.2 Å². The summed E-state index contributed by atoms with van der Waals surface area (Å²) in [5.74, 6) is -5.48. The first kappa shape index (κ1) is 48.0. The van der Waals surface area contributed by atoms with Crippen molar-refractivity contribution in [1.29, 1.82) is 0 Å². The van der Waals surface area contributed by atoms with Crippen LogP contribution in [0.2, 0.25) is 0 Å². The first-order valence-electron chi connectivity index (χ1n) is 23.2. The van der Waals surface area contributed by atoms with Gasteiger partial charge in [0.1, 0.15) is 34.1 Å². The van der Waals surface area contributed by atoms with Crippen LogP contribution < -0.4 is 20.4 Å². The molecule has 9 aliphatic rings. The molecule has 10 atom stereocenters. The average Bonchev–Trinajstić information content (AvgIpc) is 3.56. The molecule has 360 valence electrons. The number of ether oxygens (including phenoxy) is 4. The Morgan fingerprint density at radius 1 is 0.955 bits per heavy atom. The number of Topliss-reactive ketones (excluding diaryl/α,β-unsaturated/α-hetero) is 1. The molecule has 0 aromatic heterocycles. The molecule has 2 fully saturated rings.